The van der Waals surface area contributed by atoms with Crippen molar-refractivity contribution >= 4 is 23.4 Å². The van der Waals surface area contributed by atoms with Crippen molar-refractivity contribution in [1.82, 2.24) is 10.6 Å². The zero-order valence-electron chi connectivity index (χ0n) is 10.3. The summed E-state index contributed by atoms with van der Waals surface area (Å²) in [4.78, 5) is 22.7. The van der Waals surface area contributed by atoms with Crippen LogP contribution in [0.15, 0.2) is 24.3 Å². The van der Waals surface area contributed by atoms with Gasteiger partial charge in [0.2, 0.25) is 11.8 Å². The molecule has 0 aliphatic carbocycles. The molecular formula is C13H15ClN2O3. The molecule has 1 heterocycles. The van der Waals surface area contributed by atoms with Crippen molar-refractivity contribution in [2.45, 2.75) is 12.5 Å². The van der Waals surface area contributed by atoms with E-state index in [1.165, 1.54) is 0 Å². The minimum atomic E-state index is -0.357. The predicted molar refractivity (Wildman–Crippen MR) is 71.2 cm³/mol. The first kappa shape index (κ1) is 13.7. The fourth-order valence-electron chi connectivity index (χ4n) is 1.96. The van der Waals surface area contributed by atoms with Crippen LogP contribution in [-0.4, -0.2) is 30.8 Å². The van der Waals surface area contributed by atoms with Gasteiger partial charge in [0.25, 0.3) is 0 Å². The van der Waals surface area contributed by atoms with Gasteiger partial charge >= 0.3 is 0 Å². The Hall–Kier alpha value is -1.75. The van der Waals surface area contributed by atoms with Crippen LogP contribution in [0, 0.1) is 0 Å². The average Bonchev–Trinajstić information content (AvgIpc) is 2.45. The summed E-state index contributed by atoms with van der Waals surface area (Å²) in [5, 5.41) is 5.31. The van der Waals surface area contributed by atoms with Gasteiger partial charge in [0.05, 0.1) is 19.2 Å². The van der Waals surface area contributed by atoms with E-state index in [2.05, 4.69) is 10.6 Å². The normalized spacial score (nSPS) is 17.0. The van der Waals surface area contributed by atoms with Crippen LogP contribution in [0.2, 0.25) is 0 Å². The summed E-state index contributed by atoms with van der Waals surface area (Å²) < 4.78 is 5.51. The van der Waals surface area contributed by atoms with Crippen molar-refractivity contribution in [3.63, 3.8) is 0 Å². The summed E-state index contributed by atoms with van der Waals surface area (Å²) in [6.45, 7) is 0.501. The number of alkyl halides is 1. The monoisotopic (exact) mass is 282 g/mol. The Morgan fingerprint density at radius 3 is 2.89 bits per heavy atom. The van der Waals surface area contributed by atoms with Gasteiger partial charge in [-0.15, -0.1) is 11.6 Å². The van der Waals surface area contributed by atoms with E-state index in [-0.39, 0.29) is 30.3 Å². The third-order valence-corrected chi connectivity index (χ3v) is 3.10. The number of ether oxygens (including phenoxy) is 1. The van der Waals surface area contributed by atoms with Crippen molar-refractivity contribution in [1.29, 1.82) is 0 Å². The second kappa shape index (κ2) is 6.43. The number of halogens is 1. The molecule has 2 N–H and O–H groups in total. The van der Waals surface area contributed by atoms with Crippen molar-refractivity contribution in [2.75, 3.05) is 19.0 Å². The SMILES string of the molecule is O=C(CCl)NCC(=O)NC1CCOc2ccccc21. The maximum absolute atomic E-state index is 11.7. The van der Waals surface area contributed by atoms with Gasteiger partial charge in [-0.1, -0.05) is 18.2 Å². The van der Waals surface area contributed by atoms with Crippen LogP contribution in [0.3, 0.4) is 0 Å². The van der Waals surface area contributed by atoms with E-state index in [1.807, 2.05) is 24.3 Å². The van der Waals surface area contributed by atoms with Gasteiger partial charge in [-0.25, -0.2) is 0 Å². The van der Waals surface area contributed by atoms with Crippen LogP contribution in [0.4, 0.5) is 0 Å². The lowest BCUT2D eigenvalue weighted by Gasteiger charge is -2.26. The summed E-state index contributed by atoms with van der Waals surface area (Å²) >= 11 is 5.33. The van der Waals surface area contributed by atoms with E-state index in [0.29, 0.717) is 13.0 Å². The van der Waals surface area contributed by atoms with Gasteiger partial charge < -0.3 is 15.4 Å². The number of rotatable bonds is 4. The fraction of sp³-hybridized carbons (Fsp3) is 0.385. The molecule has 1 unspecified atom stereocenters. The first-order valence-corrected chi connectivity index (χ1v) is 6.58. The van der Waals surface area contributed by atoms with Gasteiger partial charge in [0, 0.05) is 12.0 Å². The molecule has 2 amide bonds. The minimum Gasteiger partial charge on any atom is -0.493 e. The first-order chi connectivity index (χ1) is 9.20. The Morgan fingerprint density at radius 2 is 2.11 bits per heavy atom. The highest BCUT2D eigenvalue weighted by Gasteiger charge is 2.22. The van der Waals surface area contributed by atoms with E-state index < -0.39 is 0 Å². The van der Waals surface area contributed by atoms with Gasteiger partial charge in [0.1, 0.15) is 11.6 Å². The van der Waals surface area contributed by atoms with Crippen LogP contribution in [0.1, 0.15) is 18.0 Å². The van der Waals surface area contributed by atoms with Crippen molar-refractivity contribution in [3.05, 3.63) is 29.8 Å². The molecule has 0 fully saturated rings. The van der Waals surface area contributed by atoms with Crippen LogP contribution in [-0.2, 0) is 9.59 Å². The molecule has 1 aliphatic rings. The highest BCUT2D eigenvalue weighted by atomic mass is 35.5. The summed E-state index contributed by atoms with van der Waals surface area (Å²) in [7, 11) is 0. The van der Waals surface area contributed by atoms with Gasteiger partial charge in [-0.05, 0) is 6.07 Å². The number of amides is 2. The van der Waals surface area contributed by atoms with Gasteiger partial charge in [-0.3, -0.25) is 9.59 Å². The Kier molecular flexibility index (Phi) is 4.63. The third kappa shape index (κ3) is 3.61. The number of hydrogen-bond donors (Lipinski definition) is 2. The molecule has 19 heavy (non-hydrogen) atoms. The fourth-order valence-corrected chi connectivity index (χ4v) is 2.06. The maximum Gasteiger partial charge on any atom is 0.239 e. The number of benzene rings is 1. The number of fused-ring (bicyclic) bond motifs is 1. The molecule has 0 bridgehead atoms. The molecule has 0 spiro atoms. The highest BCUT2D eigenvalue weighted by molar-refractivity contribution is 6.27. The van der Waals surface area contributed by atoms with Crippen LogP contribution in [0.25, 0.3) is 0 Å². The van der Waals surface area contributed by atoms with Crippen molar-refractivity contribution in [2.24, 2.45) is 0 Å². The van der Waals surface area contributed by atoms with E-state index in [9.17, 15) is 9.59 Å². The van der Waals surface area contributed by atoms with E-state index in [1.54, 1.807) is 0 Å². The number of para-hydroxylation sites is 1. The highest BCUT2D eigenvalue weighted by Crippen LogP contribution is 2.31. The number of hydrogen-bond acceptors (Lipinski definition) is 3. The zero-order chi connectivity index (χ0) is 13.7. The molecule has 102 valence electrons. The minimum absolute atomic E-state index is 0.0644. The Labute approximate surface area is 116 Å². The smallest absolute Gasteiger partial charge is 0.239 e. The molecule has 5 nitrogen and oxygen atoms in total. The molecule has 6 heteroatoms. The summed E-state index contributed by atoms with van der Waals surface area (Å²) in [6.07, 6.45) is 0.714. The molecular weight excluding hydrogens is 268 g/mol. The van der Waals surface area contributed by atoms with Gasteiger partial charge in [-0.2, -0.15) is 0 Å². The molecule has 0 saturated carbocycles. The molecule has 1 aromatic carbocycles. The largest absolute Gasteiger partial charge is 0.493 e. The van der Waals surface area contributed by atoms with Crippen molar-refractivity contribution < 1.29 is 14.3 Å². The second-order valence-corrected chi connectivity index (χ2v) is 4.47. The molecule has 2 rings (SSSR count). The molecule has 1 aliphatic heterocycles. The lowest BCUT2D eigenvalue weighted by atomic mass is 10.0. The molecule has 0 radical (unpaired) electrons. The topological polar surface area (TPSA) is 67.4 Å². The average molecular weight is 283 g/mol. The standard InChI is InChI=1S/C13H15ClN2O3/c14-7-12(17)15-8-13(18)16-10-5-6-19-11-4-2-1-3-9(10)11/h1-4,10H,5-8H2,(H,15,17)(H,16,18). The third-order valence-electron chi connectivity index (χ3n) is 2.86. The molecule has 1 aromatic rings. The lowest BCUT2D eigenvalue weighted by Crippen LogP contribution is -2.40. The molecule has 0 aromatic heterocycles. The molecule has 0 saturated heterocycles. The summed E-state index contributed by atoms with van der Waals surface area (Å²) in [5.74, 6) is 0.0566. The van der Waals surface area contributed by atoms with Crippen LogP contribution in [0.5, 0.6) is 5.75 Å². The Morgan fingerprint density at radius 1 is 1.32 bits per heavy atom. The van der Waals surface area contributed by atoms with E-state index in [0.717, 1.165) is 11.3 Å². The second-order valence-electron chi connectivity index (χ2n) is 4.21. The Bertz CT molecular complexity index is 479. The predicted octanol–water partition coefficient (Wildman–Crippen LogP) is 0.981. The van der Waals surface area contributed by atoms with E-state index >= 15 is 0 Å². The number of carbonyl (C=O) groups is 2. The van der Waals surface area contributed by atoms with Crippen LogP contribution >= 0.6 is 11.6 Å². The van der Waals surface area contributed by atoms with E-state index in [4.69, 9.17) is 16.3 Å². The molecule has 1 atom stereocenters. The summed E-state index contributed by atoms with van der Waals surface area (Å²) in [5.41, 5.74) is 0.964. The van der Waals surface area contributed by atoms with Crippen LogP contribution < -0.4 is 15.4 Å². The zero-order valence-corrected chi connectivity index (χ0v) is 11.1. The summed E-state index contributed by atoms with van der Waals surface area (Å²) in [6, 6.07) is 7.52. The van der Waals surface area contributed by atoms with Crippen molar-refractivity contribution in [3.8, 4) is 5.75 Å². The first-order valence-electron chi connectivity index (χ1n) is 6.04. The quantitative estimate of drug-likeness (QED) is 0.809. The Balaban J connectivity index is 1.93. The lowest BCUT2D eigenvalue weighted by molar-refractivity contribution is -0.125. The van der Waals surface area contributed by atoms with Gasteiger partial charge in [0.15, 0.2) is 0 Å². The number of carbonyl (C=O) groups excluding carboxylic acids is 2. The number of nitrogens with one attached hydrogen (secondary N) is 2. The maximum atomic E-state index is 11.7.